The summed E-state index contributed by atoms with van der Waals surface area (Å²) in [5.41, 5.74) is 1.74. The molecule has 8 nitrogen and oxygen atoms in total. The van der Waals surface area contributed by atoms with Crippen molar-refractivity contribution in [3.8, 4) is 0 Å². The molecule has 3 rings (SSSR count). The van der Waals surface area contributed by atoms with E-state index < -0.39 is 23.9 Å². The van der Waals surface area contributed by atoms with Crippen LogP contribution in [-0.4, -0.2) is 35.2 Å². The number of amides is 5. The van der Waals surface area contributed by atoms with Gasteiger partial charge >= 0.3 is 6.03 Å². The SMILES string of the molecule is CC(=O)Nc1ccc(NC(=O)CN2C(=O)NC(c3ccccc3)C2=O)cc1. The number of nitrogens with zero attached hydrogens (tertiary/aromatic N) is 1. The van der Waals surface area contributed by atoms with E-state index in [0.717, 1.165) is 4.90 Å². The predicted molar refractivity (Wildman–Crippen MR) is 98.8 cm³/mol. The smallest absolute Gasteiger partial charge is 0.325 e. The number of carbonyl (C=O) groups is 4. The van der Waals surface area contributed by atoms with E-state index in [4.69, 9.17) is 0 Å². The van der Waals surface area contributed by atoms with Gasteiger partial charge in [-0.3, -0.25) is 19.3 Å². The molecule has 1 aliphatic heterocycles. The van der Waals surface area contributed by atoms with Crippen molar-refractivity contribution in [2.75, 3.05) is 17.2 Å². The summed E-state index contributed by atoms with van der Waals surface area (Å²) < 4.78 is 0. The Bertz CT molecular complexity index is 880. The summed E-state index contributed by atoms with van der Waals surface area (Å²) in [6.07, 6.45) is 0. The first kappa shape index (κ1) is 18.1. The predicted octanol–water partition coefficient (Wildman–Crippen LogP) is 1.88. The Hall–Kier alpha value is -3.68. The van der Waals surface area contributed by atoms with Crippen LogP contribution in [0.4, 0.5) is 16.2 Å². The molecule has 1 aliphatic rings. The highest BCUT2D eigenvalue weighted by molar-refractivity contribution is 6.08. The van der Waals surface area contributed by atoms with Gasteiger partial charge in [-0.1, -0.05) is 30.3 Å². The molecule has 0 bridgehead atoms. The summed E-state index contributed by atoms with van der Waals surface area (Å²) in [4.78, 5) is 48.7. The number of imide groups is 1. The zero-order chi connectivity index (χ0) is 19.4. The standard InChI is InChI=1S/C19H18N4O4/c1-12(24)20-14-7-9-15(10-8-14)21-16(25)11-23-18(26)17(22-19(23)27)13-5-3-2-4-6-13/h2-10,17H,11H2,1H3,(H,20,24)(H,21,25)(H,22,27). The maximum atomic E-state index is 12.5. The fourth-order valence-corrected chi connectivity index (χ4v) is 2.72. The molecule has 1 atom stereocenters. The Balaban J connectivity index is 1.61. The van der Waals surface area contributed by atoms with Gasteiger partial charge in [-0.15, -0.1) is 0 Å². The third-order valence-corrected chi connectivity index (χ3v) is 3.95. The van der Waals surface area contributed by atoms with Crippen molar-refractivity contribution in [3.05, 3.63) is 60.2 Å². The van der Waals surface area contributed by atoms with Gasteiger partial charge in [-0.05, 0) is 29.8 Å². The number of hydrogen-bond donors (Lipinski definition) is 3. The van der Waals surface area contributed by atoms with Crippen molar-refractivity contribution in [2.24, 2.45) is 0 Å². The summed E-state index contributed by atoms with van der Waals surface area (Å²) in [5.74, 6) is -1.17. The molecule has 1 saturated heterocycles. The average molecular weight is 366 g/mol. The maximum absolute atomic E-state index is 12.5. The van der Waals surface area contributed by atoms with Gasteiger partial charge < -0.3 is 16.0 Å². The first-order chi connectivity index (χ1) is 12.9. The second kappa shape index (κ2) is 7.69. The van der Waals surface area contributed by atoms with Crippen molar-refractivity contribution in [1.29, 1.82) is 0 Å². The normalized spacial score (nSPS) is 16.0. The fraction of sp³-hybridized carbons (Fsp3) is 0.158. The van der Waals surface area contributed by atoms with E-state index in [1.54, 1.807) is 48.5 Å². The average Bonchev–Trinajstić information content (AvgIpc) is 2.92. The lowest BCUT2D eigenvalue weighted by Gasteiger charge is -2.13. The van der Waals surface area contributed by atoms with E-state index in [-0.39, 0.29) is 12.5 Å². The molecule has 2 aromatic rings. The summed E-state index contributed by atoms with van der Waals surface area (Å²) in [5, 5.41) is 7.82. The Labute approximate surface area is 155 Å². The summed E-state index contributed by atoms with van der Waals surface area (Å²) in [6.45, 7) is 1.01. The first-order valence-electron chi connectivity index (χ1n) is 8.28. The van der Waals surface area contributed by atoms with Crippen molar-refractivity contribution in [3.63, 3.8) is 0 Å². The molecule has 0 saturated carbocycles. The largest absolute Gasteiger partial charge is 0.326 e. The second-order valence-electron chi connectivity index (χ2n) is 6.02. The Morgan fingerprint density at radius 1 is 0.963 bits per heavy atom. The molecule has 8 heteroatoms. The number of rotatable bonds is 5. The van der Waals surface area contributed by atoms with Crippen LogP contribution in [-0.2, 0) is 14.4 Å². The fourth-order valence-electron chi connectivity index (χ4n) is 2.72. The van der Waals surface area contributed by atoms with Gasteiger partial charge in [0.1, 0.15) is 12.6 Å². The van der Waals surface area contributed by atoms with E-state index in [2.05, 4.69) is 16.0 Å². The van der Waals surface area contributed by atoms with Gasteiger partial charge in [0.2, 0.25) is 11.8 Å². The third-order valence-electron chi connectivity index (χ3n) is 3.95. The van der Waals surface area contributed by atoms with Crippen LogP contribution in [0, 0.1) is 0 Å². The van der Waals surface area contributed by atoms with Gasteiger partial charge in [0.05, 0.1) is 0 Å². The lowest BCUT2D eigenvalue weighted by Crippen LogP contribution is -2.38. The highest BCUT2D eigenvalue weighted by Gasteiger charge is 2.39. The van der Waals surface area contributed by atoms with Crippen molar-refractivity contribution in [2.45, 2.75) is 13.0 Å². The van der Waals surface area contributed by atoms with Crippen molar-refractivity contribution < 1.29 is 19.2 Å². The molecule has 0 aromatic heterocycles. The number of carbonyl (C=O) groups excluding carboxylic acids is 4. The lowest BCUT2D eigenvalue weighted by atomic mass is 10.1. The van der Waals surface area contributed by atoms with Crippen LogP contribution in [0.5, 0.6) is 0 Å². The Kier molecular flexibility index (Phi) is 5.16. The van der Waals surface area contributed by atoms with Crippen LogP contribution in [0.2, 0.25) is 0 Å². The van der Waals surface area contributed by atoms with Crippen LogP contribution in [0.1, 0.15) is 18.5 Å². The molecule has 0 radical (unpaired) electrons. The quantitative estimate of drug-likeness (QED) is 0.702. The number of nitrogens with one attached hydrogen (secondary N) is 3. The third kappa shape index (κ3) is 4.30. The minimum atomic E-state index is -0.788. The van der Waals surface area contributed by atoms with E-state index in [1.807, 2.05) is 6.07 Å². The molecule has 138 valence electrons. The van der Waals surface area contributed by atoms with Crippen LogP contribution < -0.4 is 16.0 Å². The number of urea groups is 1. The zero-order valence-corrected chi connectivity index (χ0v) is 14.6. The number of benzene rings is 2. The number of hydrogen-bond acceptors (Lipinski definition) is 4. The minimum Gasteiger partial charge on any atom is -0.326 e. The molecule has 2 aromatic carbocycles. The summed E-state index contributed by atoms with van der Waals surface area (Å²) >= 11 is 0. The molecule has 1 fully saturated rings. The monoisotopic (exact) mass is 366 g/mol. The Morgan fingerprint density at radius 2 is 1.56 bits per heavy atom. The molecule has 0 aliphatic carbocycles. The van der Waals surface area contributed by atoms with Gasteiger partial charge in [-0.25, -0.2) is 4.79 Å². The van der Waals surface area contributed by atoms with Gasteiger partial charge in [0.15, 0.2) is 0 Å². The van der Waals surface area contributed by atoms with E-state index in [0.29, 0.717) is 16.9 Å². The highest BCUT2D eigenvalue weighted by atomic mass is 16.2. The van der Waals surface area contributed by atoms with Crippen LogP contribution in [0.25, 0.3) is 0 Å². The molecule has 3 N–H and O–H groups in total. The molecule has 1 heterocycles. The molecule has 27 heavy (non-hydrogen) atoms. The molecule has 1 unspecified atom stereocenters. The van der Waals surface area contributed by atoms with Crippen LogP contribution in [0.3, 0.4) is 0 Å². The highest BCUT2D eigenvalue weighted by Crippen LogP contribution is 2.21. The zero-order valence-electron chi connectivity index (χ0n) is 14.6. The Morgan fingerprint density at radius 3 is 2.15 bits per heavy atom. The minimum absolute atomic E-state index is 0.196. The molecule has 5 amide bonds. The number of anilines is 2. The lowest BCUT2D eigenvalue weighted by molar-refractivity contribution is -0.130. The topological polar surface area (TPSA) is 108 Å². The first-order valence-corrected chi connectivity index (χ1v) is 8.28. The van der Waals surface area contributed by atoms with Crippen LogP contribution in [0.15, 0.2) is 54.6 Å². The van der Waals surface area contributed by atoms with Gasteiger partial charge in [0, 0.05) is 18.3 Å². The maximum Gasteiger partial charge on any atom is 0.325 e. The van der Waals surface area contributed by atoms with E-state index in [9.17, 15) is 19.2 Å². The van der Waals surface area contributed by atoms with Gasteiger partial charge in [0.25, 0.3) is 5.91 Å². The second-order valence-corrected chi connectivity index (χ2v) is 6.02. The van der Waals surface area contributed by atoms with Crippen LogP contribution >= 0.6 is 0 Å². The molecule has 0 spiro atoms. The summed E-state index contributed by atoms with van der Waals surface area (Å²) in [6, 6.07) is 13.9. The van der Waals surface area contributed by atoms with E-state index >= 15 is 0 Å². The summed E-state index contributed by atoms with van der Waals surface area (Å²) in [7, 11) is 0. The van der Waals surface area contributed by atoms with Crippen molar-refractivity contribution in [1.82, 2.24) is 10.2 Å². The molecular weight excluding hydrogens is 348 g/mol. The van der Waals surface area contributed by atoms with Gasteiger partial charge in [-0.2, -0.15) is 0 Å². The van der Waals surface area contributed by atoms with Crippen molar-refractivity contribution >= 4 is 35.1 Å². The molecular formula is C19H18N4O4. The van der Waals surface area contributed by atoms with E-state index in [1.165, 1.54) is 6.92 Å².